The molecule has 2 aliphatic rings. The average Bonchev–Trinajstić information content (AvgIpc) is 2.53. The van der Waals surface area contributed by atoms with Gasteiger partial charge in [0.2, 0.25) is 0 Å². The van der Waals surface area contributed by atoms with E-state index in [4.69, 9.17) is 15.2 Å². The van der Waals surface area contributed by atoms with Gasteiger partial charge in [0.15, 0.2) is 11.5 Å². The minimum atomic E-state index is 0.0813. The summed E-state index contributed by atoms with van der Waals surface area (Å²) in [6.07, 6.45) is 6.90. The summed E-state index contributed by atoms with van der Waals surface area (Å²) in [6.45, 7) is 1.26. The van der Waals surface area contributed by atoms with Crippen molar-refractivity contribution in [2.45, 2.75) is 43.4 Å². The molecule has 0 spiro atoms. The summed E-state index contributed by atoms with van der Waals surface area (Å²) in [5, 5.41) is 0.812. The summed E-state index contributed by atoms with van der Waals surface area (Å²) in [4.78, 5) is 0. The second-order valence-electron chi connectivity index (χ2n) is 5.60. The van der Waals surface area contributed by atoms with Gasteiger partial charge in [-0.3, -0.25) is 0 Å². The van der Waals surface area contributed by atoms with Crippen LogP contribution in [0.15, 0.2) is 18.2 Å². The standard InChI is InChI=1S/C16H23NO2S/c17-14(11-20-13-4-2-1-3-5-13)12-6-7-15-16(10-12)19-9-8-18-15/h6-7,10,13-14H,1-5,8-9,11,17H2. The van der Waals surface area contributed by atoms with Gasteiger partial charge in [-0.1, -0.05) is 25.3 Å². The lowest BCUT2D eigenvalue weighted by Crippen LogP contribution is -2.19. The normalized spacial score (nSPS) is 20.6. The first-order valence-electron chi connectivity index (χ1n) is 7.59. The van der Waals surface area contributed by atoms with Crippen LogP contribution in [0.4, 0.5) is 0 Å². The van der Waals surface area contributed by atoms with Crippen molar-refractivity contribution in [1.29, 1.82) is 0 Å². The molecule has 2 N–H and O–H groups in total. The van der Waals surface area contributed by atoms with E-state index in [0.29, 0.717) is 13.2 Å². The molecule has 1 unspecified atom stereocenters. The predicted molar refractivity (Wildman–Crippen MR) is 83.7 cm³/mol. The Morgan fingerprint density at radius 2 is 1.85 bits per heavy atom. The van der Waals surface area contributed by atoms with E-state index >= 15 is 0 Å². The van der Waals surface area contributed by atoms with Crippen molar-refractivity contribution >= 4 is 11.8 Å². The molecular formula is C16H23NO2S. The van der Waals surface area contributed by atoms with E-state index in [1.54, 1.807) is 0 Å². The molecule has 20 heavy (non-hydrogen) atoms. The monoisotopic (exact) mass is 293 g/mol. The second kappa shape index (κ2) is 6.72. The Bertz CT molecular complexity index is 446. The van der Waals surface area contributed by atoms with Gasteiger partial charge in [0.05, 0.1) is 0 Å². The van der Waals surface area contributed by atoms with Crippen LogP contribution in [-0.4, -0.2) is 24.2 Å². The van der Waals surface area contributed by atoms with Gasteiger partial charge in [-0.25, -0.2) is 0 Å². The number of hydrogen-bond donors (Lipinski definition) is 1. The molecule has 0 radical (unpaired) electrons. The molecule has 1 aliphatic carbocycles. The largest absolute Gasteiger partial charge is 0.486 e. The molecule has 1 aromatic rings. The number of thioether (sulfide) groups is 1. The van der Waals surface area contributed by atoms with Crippen LogP contribution < -0.4 is 15.2 Å². The van der Waals surface area contributed by atoms with Gasteiger partial charge in [0.25, 0.3) is 0 Å². The summed E-state index contributed by atoms with van der Waals surface area (Å²) in [6, 6.07) is 6.17. The molecule has 1 fully saturated rings. The third kappa shape index (κ3) is 3.41. The number of nitrogens with two attached hydrogens (primary N) is 1. The van der Waals surface area contributed by atoms with Crippen molar-refractivity contribution in [1.82, 2.24) is 0 Å². The minimum Gasteiger partial charge on any atom is -0.486 e. The van der Waals surface area contributed by atoms with E-state index in [1.807, 2.05) is 23.9 Å². The molecule has 1 aromatic carbocycles. The SMILES string of the molecule is NC(CSC1CCCCC1)c1ccc2c(c1)OCCO2. The zero-order valence-corrected chi connectivity index (χ0v) is 12.7. The zero-order chi connectivity index (χ0) is 13.8. The molecule has 0 aromatic heterocycles. The smallest absolute Gasteiger partial charge is 0.161 e. The highest BCUT2D eigenvalue weighted by Gasteiger charge is 2.18. The number of fused-ring (bicyclic) bond motifs is 1. The van der Waals surface area contributed by atoms with Gasteiger partial charge < -0.3 is 15.2 Å². The van der Waals surface area contributed by atoms with Gasteiger partial charge in [-0.15, -0.1) is 0 Å². The van der Waals surface area contributed by atoms with Crippen LogP contribution in [0.25, 0.3) is 0 Å². The molecule has 0 saturated heterocycles. The Balaban J connectivity index is 1.57. The van der Waals surface area contributed by atoms with Crippen LogP contribution in [0.2, 0.25) is 0 Å². The molecule has 1 atom stereocenters. The van der Waals surface area contributed by atoms with Gasteiger partial charge in [-0.05, 0) is 30.5 Å². The fourth-order valence-electron chi connectivity index (χ4n) is 2.86. The third-order valence-corrected chi connectivity index (χ3v) is 5.55. The summed E-state index contributed by atoms with van der Waals surface area (Å²) < 4.78 is 11.2. The van der Waals surface area contributed by atoms with Gasteiger partial charge in [-0.2, -0.15) is 11.8 Å². The first-order valence-corrected chi connectivity index (χ1v) is 8.64. The quantitative estimate of drug-likeness (QED) is 0.922. The van der Waals surface area contributed by atoms with E-state index < -0.39 is 0 Å². The highest BCUT2D eigenvalue weighted by molar-refractivity contribution is 7.99. The first kappa shape index (κ1) is 14.1. The van der Waals surface area contributed by atoms with Crippen LogP contribution in [0.1, 0.15) is 43.7 Å². The maximum absolute atomic E-state index is 6.33. The summed E-state index contributed by atoms with van der Waals surface area (Å²) in [7, 11) is 0. The number of ether oxygens (including phenoxy) is 2. The first-order chi connectivity index (χ1) is 9.83. The lowest BCUT2D eigenvalue weighted by molar-refractivity contribution is 0.171. The molecule has 3 nitrogen and oxygen atoms in total. The van der Waals surface area contributed by atoms with Crippen molar-refractivity contribution in [2.75, 3.05) is 19.0 Å². The molecule has 3 rings (SSSR count). The Hall–Kier alpha value is -0.870. The zero-order valence-electron chi connectivity index (χ0n) is 11.8. The lowest BCUT2D eigenvalue weighted by Gasteiger charge is -2.23. The van der Waals surface area contributed by atoms with Gasteiger partial charge in [0, 0.05) is 17.0 Å². The summed E-state index contributed by atoms with van der Waals surface area (Å²) in [5.74, 6) is 2.67. The topological polar surface area (TPSA) is 44.5 Å². The Labute approximate surface area is 125 Å². The van der Waals surface area contributed by atoms with E-state index in [2.05, 4.69) is 6.07 Å². The molecule has 0 bridgehead atoms. The molecule has 110 valence electrons. The Morgan fingerprint density at radius 3 is 2.65 bits per heavy atom. The molecule has 1 saturated carbocycles. The minimum absolute atomic E-state index is 0.0813. The molecule has 1 aliphatic heterocycles. The van der Waals surface area contributed by atoms with E-state index in [-0.39, 0.29) is 6.04 Å². The molecule has 4 heteroatoms. The van der Waals surface area contributed by atoms with Crippen molar-refractivity contribution in [2.24, 2.45) is 5.73 Å². The van der Waals surface area contributed by atoms with Crippen molar-refractivity contribution in [3.8, 4) is 11.5 Å². The maximum Gasteiger partial charge on any atom is 0.161 e. The molecule has 0 amide bonds. The highest BCUT2D eigenvalue weighted by atomic mass is 32.2. The fraction of sp³-hybridized carbons (Fsp3) is 0.625. The van der Waals surface area contributed by atoms with E-state index in [9.17, 15) is 0 Å². The molecule has 1 heterocycles. The van der Waals surface area contributed by atoms with Gasteiger partial charge >= 0.3 is 0 Å². The Morgan fingerprint density at radius 1 is 1.10 bits per heavy atom. The van der Waals surface area contributed by atoms with E-state index in [0.717, 1.165) is 28.1 Å². The third-order valence-electron chi connectivity index (χ3n) is 4.06. The van der Waals surface area contributed by atoms with Crippen LogP contribution in [0.5, 0.6) is 11.5 Å². The van der Waals surface area contributed by atoms with E-state index in [1.165, 1.54) is 32.1 Å². The Kier molecular flexibility index (Phi) is 4.73. The summed E-state index contributed by atoms with van der Waals surface area (Å²) in [5.41, 5.74) is 7.48. The fourth-order valence-corrected chi connectivity index (χ4v) is 4.20. The highest BCUT2D eigenvalue weighted by Crippen LogP contribution is 2.34. The predicted octanol–water partition coefficient (Wildman–Crippen LogP) is 3.52. The number of benzene rings is 1. The van der Waals surface area contributed by atoms with Crippen LogP contribution in [0, 0.1) is 0 Å². The molecular weight excluding hydrogens is 270 g/mol. The van der Waals surface area contributed by atoms with Crippen molar-refractivity contribution in [3.05, 3.63) is 23.8 Å². The number of rotatable bonds is 4. The van der Waals surface area contributed by atoms with Crippen LogP contribution >= 0.6 is 11.8 Å². The van der Waals surface area contributed by atoms with Crippen LogP contribution in [0.3, 0.4) is 0 Å². The lowest BCUT2D eigenvalue weighted by atomic mass is 10.0. The van der Waals surface area contributed by atoms with Gasteiger partial charge in [0.1, 0.15) is 13.2 Å². The van der Waals surface area contributed by atoms with Crippen molar-refractivity contribution < 1.29 is 9.47 Å². The average molecular weight is 293 g/mol. The maximum atomic E-state index is 6.33. The van der Waals surface area contributed by atoms with Crippen molar-refractivity contribution in [3.63, 3.8) is 0 Å². The van der Waals surface area contributed by atoms with Crippen LogP contribution in [-0.2, 0) is 0 Å². The summed E-state index contributed by atoms with van der Waals surface area (Å²) >= 11 is 2.04. The second-order valence-corrected chi connectivity index (χ2v) is 6.94. The number of hydrogen-bond acceptors (Lipinski definition) is 4.